The van der Waals surface area contributed by atoms with Crippen molar-refractivity contribution in [3.63, 3.8) is 0 Å². The van der Waals surface area contributed by atoms with Crippen LogP contribution in [-0.2, 0) is 0 Å². The van der Waals surface area contributed by atoms with Gasteiger partial charge < -0.3 is 20.9 Å². The van der Waals surface area contributed by atoms with E-state index in [0.717, 1.165) is 0 Å². The minimum atomic E-state index is 0.364. The zero-order chi connectivity index (χ0) is 17.1. The minimum Gasteiger partial charge on any atom is -0.456 e. The lowest BCUT2D eigenvalue weighted by Crippen LogP contribution is -1.92. The average molecular weight is 361 g/mol. The van der Waals surface area contributed by atoms with E-state index in [2.05, 4.69) is 0 Å². The van der Waals surface area contributed by atoms with Crippen molar-refractivity contribution in [1.82, 2.24) is 0 Å². The van der Waals surface area contributed by atoms with E-state index in [-0.39, 0.29) is 0 Å². The van der Waals surface area contributed by atoms with Crippen molar-refractivity contribution < 1.29 is 9.47 Å². The highest BCUT2D eigenvalue weighted by atomic mass is 35.5. The average Bonchev–Trinajstić information content (AvgIpc) is 2.57. The summed E-state index contributed by atoms with van der Waals surface area (Å²) in [6, 6.07) is 17.5. The van der Waals surface area contributed by atoms with Crippen molar-refractivity contribution in [2.75, 3.05) is 11.5 Å². The molecule has 3 aromatic rings. The summed E-state index contributed by atoms with van der Waals surface area (Å²) in [5.74, 6) is 2.05. The third-order valence-corrected chi connectivity index (χ3v) is 4.06. The summed E-state index contributed by atoms with van der Waals surface area (Å²) in [4.78, 5) is 0. The van der Waals surface area contributed by atoms with E-state index in [1.54, 1.807) is 60.7 Å². The quantitative estimate of drug-likeness (QED) is 0.581. The molecule has 0 saturated carbocycles. The highest BCUT2D eigenvalue weighted by Crippen LogP contribution is 2.37. The first-order chi connectivity index (χ1) is 11.5. The molecular formula is C18H14Cl2N2O2. The second-order valence-electron chi connectivity index (χ2n) is 5.00. The monoisotopic (exact) mass is 360 g/mol. The van der Waals surface area contributed by atoms with Crippen molar-refractivity contribution in [1.29, 1.82) is 0 Å². The maximum Gasteiger partial charge on any atom is 0.148 e. The molecule has 3 rings (SSSR count). The van der Waals surface area contributed by atoms with Gasteiger partial charge in [0.05, 0.1) is 11.4 Å². The molecule has 0 unspecified atom stereocenters. The summed E-state index contributed by atoms with van der Waals surface area (Å²) in [6.07, 6.45) is 0. The summed E-state index contributed by atoms with van der Waals surface area (Å²) in [6.45, 7) is 0. The van der Waals surface area contributed by atoms with Crippen LogP contribution in [0.2, 0.25) is 10.0 Å². The molecule has 24 heavy (non-hydrogen) atoms. The molecule has 0 heterocycles. The van der Waals surface area contributed by atoms with Gasteiger partial charge in [-0.15, -0.1) is 0 Å². The van der Waals surface area contributed by atoms with Crippen LogP contribution in [0.4, 0.5) is 11.4 Å². The topological polar surface area (TPSA) is 70.5 Å². The van der Waals surface area contributed by atoms with Gasteiger partial charge in [0.2, 0.25) is 0 Å². The van der Waals surface area contributed by atoms with Crippen LogP contribution in [0.1, 0.15) is 0 Å². The number of ether oxygens (including phenoxy) is 2. The highest BCUT2D eigenvalue weighted by Gasteiger charge is 2.09. The Bertz CT molecular complexity index is 816. The van der Waals surface area contributed by atoms with E-state index in [4.69, 9.17) is 44.1 Å². The Labute approximate surface area is 149 Å². The molecular weight excluding hydrogens is 347 g/mol. The fraction of sp³-hybridized carbons (Fsp3) is 0. The standard InChI is InChI=1S/C18H14Cl2N2O2/c19-17-13(21)6-2-8-15(17)23-11-4-1-5-12(10-11)24-16-9-3-7-14(22)18(16)20/h1-10H,21-22H2. The van der Waals surface area contributed by atoms with E-state index in [9.17, 15) is 0 Å². The van der Waals surface area contributed by atoms with E-state index in [1.165, 1.54) is 0 Å². The highest BCUT2D eigenvalue weighted by molar-refractivity contribution is 6.34. The Balaban J connectivity index is 1.84. The van der Waals surface area contributed by atoms with Gasteiger partial charge in [0, 0.05) is 6.07 Å². The van der Waals surface area contributed by atoms with Gasteiger partial charge in [-0.3, -0.25) is 0 Å². The number of anilines is 2. The Morgan fingerprint density at radius 1 is 0.625 bits per heavy atom. The first-order valence-electron chi connectivity index (χ1n) is 7.08. The number of hydrogen-bond acceptors (Lipinski definition) is 4. The smallest absolute Gasteiger partial charge is 0.148 e. The van der Waals surface area contributed by atoms with Gasteiger partial charge in [-0.25, -0.2) is 0 Å². The van der Waals surface area contributed by atoms with Crippen LogP contribution in [0.5, 0.6) is 23.0 Å². The summed E-state index contributed by atoms with van der Waals surface area (Å²) in [5, 5.41) is 0.727. The molecule has 0 saturated heterocycles. The molecule has 0 spiro atoms. The second-order valence-corrected chi connectivity index (χ2v) is 5.75. The number of benzene rings is 3. The normalized spacial score (nSPS) is 10.4. The van der Waals surface area contributed by atoms with Gasteiger partial charge in [0.1, 0.15) is 33.0 Å². The van der Waals surface area contributed by atoms with Gasteiger partial charge in [0.25, 0.3) is 0 Å². The van der Waals surface area contributed by atoms with Crippen molar-refractivity contribution >= 4 is 34.6 Å². The SMILES string of the molecule is Nc1cccc(Oc2cccc(Oc3cccc(N)c3Cl)c2)c1Cl. The number of hydrogen-bond donors (Lipinski definition) is 2. The van der Waals surface area contributed by atoms with Crippen LogP contribution in [0.25, 0.3) is 0 Å². The predicted octanol–water partition coefficient (Wildman–Crippen LogP) is 5.74. The number of nitrogen functional groups attached to an aromatic ring is 2. The molecule has 0 aromatic heterocycles. The molecule has 0 aliphatic carbocycles. The first-order valence-corrected chi connectivity index (χ1v) is 7.84. The lowest BCUT2D eigenvalue weighted by Gasteiger charge is -2.12. The molecule has 6 heteroatoms. The number of nitrogens with two attached hydrogens (primary N) is 2. The Morgan fingerprint density at radius 3 is 1.50 bits per heavy atom. The van der Waals surface area contributed by atoms with E-state index >= 15 is 0 Å². The maximum atomic E-state index is 6.14. The van der Waals surface area contributed by atoms with Crippen LogP contribution < -0.4 is 20.9 Å². The Morgan fingerprint density at radius 2 is 1.04 bits per heavy atom. The van der Waals surface area contributed by atoms with Gasteiger partial charge in [-0.1, -0.05) is 41.4 Å². The lowest BCUT2D eigenvalue weighted by molar-refractivity contribution is 0.461. The Hall–Kier alpha value is -2.56. The molecule has 0 aliphatic heterocycles. The molecule has 0 amide bonds. The first kappa shape index (κ1) is 16.3. The summed E-state index contributed by atoms with van der Waals surface area (Å²) in [5.41, 5.74) is 12.5. The number of rotatable bonds is 4. The van der Waals surface area contributed by atoms with Gasteiger partial charge >= 0.3 is 0 Å². The molecule has 0 bridgehead atoms. The third-order valence-electron chi connectivity index (χ3n) is 3.25. The molecule has 0 fully saturated rings. The maximum absolute atomic E-state index is 6.14. The second kappa shape index (κ2) is 6.91. The van der Waals surface area contributed by atoms with Crippen LogP contribution in [0.15, 0.2) is 60.7 Å². The largest absolute Gasteiger partial charge is 0.456 e. The Kier molecular flexibility index (Phi) is 4.69. The fourth-order valence-corrected chi connectivity index (χ4v) is 2.40. The zero-order valence-corrected chi connectivity index (χ0v) is 14.0. The fourth-order valence-electron chi connectivity index (χ4n) is 2.07. The molecule has 4 nitrogen and oxygen atoms in total. The molecule has 0 aliphatic rings. The number of halogens is 2. The van der Waals surface area contributed by atoms with Crippen molar-refractivity contribution in [3.8, 4) is 23.0 Å². The van der Waals surface area contributed by atoms with E-state index in [1.807, 2.05) is 0 Å². The van der Waals surface area contributed by atoms with Gasteiger partial charge in [0.15, 0.2) is 0 Å². The van der Waals surface area contributed by atoms with Gasteiger partial charge in [-0.2, -0.15) is 0 Å². The van der Waals surface area contributed by atoms with E-state index in [0.29, 0.717) is 44.4 Å². The van der Waals surface area contributed by atoms with Crippen LogP contribution in [0, 0.1) is 0 Å². The van der Waals surface area contributed by atoms with Crippen molar-refractivity contribution in [2.24, 2.45) is 0 Å². The molecule has 4 N–H and O–H groups in total. The summed E-state index contributed by atoms with van der Waals surface area (Å²) >= 11 is 12.3. The molecule has 122 valence electrons. The summed E-state index contributed by atoms with van der Waals surface area (Å²) < 4.78 is 11.5. The van der Waals surface area contributed by atoms with Crippen molar-refractivity contribution in [2.45, 2.75) is 0 Å². The lowest BCUT2D eigenvalue weighted by atomic mass is 10.3. The van der Waals surface area contributed by atoms with E-state index < -0.39 is 0 Å². The van der Waals surface area contributed by atoms with Gasteiger partial charge in [-0.05, 0) is 36.4 Å². The predicted molar refractivity (Wildman–Crippen MR) is 98.3 cm³/mol. The molecule has 0 atom stereocenters. The minimum absolute atomic E-state index is 0.364. The summed E-state index contributed by atoms with van der Waals surface area (Å²) in [7, 11) is 0. The van der Waals surface area contributed by atoms with Crippen LogP contribution in [-0.4, -0.2) is 0 Å². The third kappa shape index (κ3) is 3.50. The van der Waals surface area contributed by atoms with Crippen LogP contribution >= 0.6 is 23.2 Å². The molecule has 3 aromatic carbocycles. The zero-order valence-electron chi connectivity index (χ0n) is 12.5. The molecule has 0 radical (unpaired) electrons. The van der Waals surface area contributed by atoms with Crippen molar-refractivity contribution in [3.05, 3.63) is 70.7 Å². The van der Waals surface area contributed by atoms with Crippen LogP contribution in [0.3, 0.4) is 0 Å².